The smallest absolute Gasteiger partial charge is 0.261 e. The number of carbonyl (C=O) groups excluding carboxylic acids is 1. The van der Waals surface area contributed by atoms with E-state index in [1.807, 2.05) is 12.1 Å². The summed E-state index contributed by atoms with van der Waals surface area (Å²) in [6.45, 7) is 4.65. The summed E-state index contributed by atoms with van der Waals surface area (Å²) in [4.78, 5) is 35.6. The Balaban J connectivity index is 1.91. The van der Waals surface area contributed by atoms with Crippen LogP contribution in [-0.2, 0) is 11.3 Å². The summed E-state index contributed by atoms with van der Waals surface area (Å²) in [5.74, 6) is 0.461. The molecule has 0 atom stereocenters. The Morgan fingerprint density at radius 3 is 2.64 bits per heavy atom. The minimum Gasteiger partial charge on any atom is -0.369 e. The second kappa shape index (κ2) is 6.72. The van der Waals surface area contributed by atoms with Crippen molar-refractivity contribution in [1.82, 2.24) is 15.0 Å². The normalized spacial score (nSPS) is 11.0. The zero-order valence-electron chi connectivity index (χ0n) is 14.1. The van der Waals surface area contributed by atoms with E-state index in [2.05, 4.69) is 40.9 Å². The summed E-state index contributed by atoms with van der Waals surface area (Å²) < 4.78 is 0. The highest BCUT2D eigenvalue weighted by Gasteiger charge is 2.11. The fourth-order valence-electron chi connectivity index (χ4n) is 2.58. The number of nitrogens with two attached hydrogens (primary N) is 1. The molecule has 3 N–H and O–H groups in total. The van der Waals surface area contributed by atoms with E-state index in [9.17, 15) is 9.59 Å². The molecule has 3 rings (SSSR count). The van der Waals surface area contributed by atoms with Crippen molar-refractivity contribution in [2.45, 2.75) is 26.3 Å². The number of aromatic amines is 1. The Bertz CT molecular complexity index is 963. The molecule has 25 heavy (non-hydrogen) atoms. The number of nitrogens with one attached hydrogen (secondary N) is 1. The molecule has 0 spiro atoms. The topological polar surface area (TPSA) is 105 Å². The number of nitrogens with zero attached hydrogens (tertiary/aromatic N) is 3. The van der Waals surface area contributed by atoms with Crippen LogP contribution in [-0.4, -0.2) is 21.4 Å². The molecule has 0 aliphatic carbocycles. The molecule has 0 saturated heterocycles. The van der Waals surface area contributed by atoms with Gasteiger partial charge in [0.15, 0.2) is 5.65 Å². The maximum Gasteiger partial charge on any atom is 0.261 e. The summed E-state index contributed by atoms with van der Waals surface area (Å²) >= 11 is 0. The van der Waals surface area contributed by atoms with Crippen LogP contribution in [0, 0.1) is 0 Å². The van der Waals surface area contributed by atoms with Crippen molar-refractivity contribution >= 4 is 29.1 Å². The van der Waals surface area contributed by atoms with Gasteiger partial charge in [0.1, 0.15) is 0 Å². The number of amides is 1. The number of carbonyl (C=O) groups is 1. The maximum absolute atomic E-state index is 12.0. The zero-order chi connectivity index (χ0) is 18.0. The number of H-pyrrole nitrogens is 1. The number of anilines is 2. The van der Waals surface area contributed by atoms with E-state index >= 15 is 0 Å². The van der Waals surface area contributed by atoms with Crippen LogP contribution in [0.2, 0.25) is 0 Å². The molecule has 2 aromatic heterocycles. The Labute approximate surface area is 144 Å². The standard InChI is InChI=1S/C18H19N5O2/c1-11(2)13-5-3-12(4-6-13)9-23(10-24)14-7-15-16(20-8-14)21-18(19)22-17(15)25/h3-8,10-11H,9H2,1-2H3,(H3,19,20,21,22,25). The zero-order valence-corrected chi connectivity index (χ0v) is 14.1. The lowest BCUT2D eigenvalue weighted by Crippen LogP contribution is -2.21. The number of pyridine rings is 1. The molecule has 0 aliphatic heterocycles. The summed E-state index contributed by atoms with van der Waals surface area (Å²) in [6.07, 6.45) is 2.23. The third kappa shape index (κ3) is 3.50. The van der Waals surface area contributed by atoms with E-state index in [0.29, 0.717) is 18.2 Å². The summed E-state index contributed by atoms with van der Waals surface area (Å²) in [5, 5.41) is 0.286. The van der Waals surface area contributed by atoms with Crippen molar-refractivity contribution in [3.8, 4) is 0 Å². The predicted octanol–water partition coefficient (Wildman–Crippen LogP) is 2.19. The molecule has 0 radical (unpaired) electrons. The molecule has 128 valence electrons. The lowest BCUT2D eigenvalue weighted by atomic mass is 10.0. The summed E-state index contributed by atoms with van der Waals surface area (Å²) in [6, 6.07) is 9.69. The lowest BCUT2D eigenvalue weighted by Gasteiger charge is -2.18. The first-order valence-electron chi connectivity index (χ1n) is 7.94. The number of nitrogen functional groups attached to an aromatic ring is 1. The third-order valence-electron chi connectivity index (χ3n) is 4.02. The second-order valence-corrected chi connectivity index (χ2v) is 6.15. The molecule has 0 fully saturated rings. The monoisotopic (exact) mass is 337 g/mol. The lowest BCUT2D eigenvalue weighted by molar-refractivity contribution is -0.107. The molecule has 1 amide bonds. The van der Waals surface area contributed by atoms with Gasteiger partial charge in [-0.15, -0.1) is 0 Å². The van der Waals surface area contributed by atoms with Gasteiger partial charge in [0, 0.05) is 0 Å². The predicted molar refractivity (Wildman–Crippen MR) is 97.3 cm³/mol. The molecule has 0 unspecified atom stereocenters. The molecule has 0 aliphatic rings. The molecule has 3 aromatic rings. The third-order valence-corrected chi connectivity index (χ3v) is 4.02. The van der Waals surface area contributed by atoms with Crippen LogP contribution >= 0.6 is 0 Å². The van der Waals surface area contributed by atoms with Crippen LogP contribution < -0.4 is 16.2 Å². The second-order valence-electron chi connectivity index (χ2n) is 6.15. The van der Waals surface area contributed by atoms with E-state index in [-0.39, 0.29) is 22.5 Å². The molecule has 0 saturated carbocycles. The number of benzene rings is 1. The highest BCUT2D eigenvalue weighted by Crippen LogP contribution is 2.20. The molecule has 0 bridgehead atoms. The van der Waals surface area contributed by atoms with Crippen LogP contribution in [0.5, 0.6) is 0 Å². The Kier molecular flexibility index (Phi) is 4.47. The number of hydrogen-bond acceptors (Lipinski definition) is 5. The molecule has 2 heterocycles. The largest absolute Gasteiger partial charge is 0.369 e. The summed E-state index contributed by atoms with van der Waals surface area (Å²) in [7, 11) is 0. The Morgan fingerprint density at radius 1 is 1.28 bits per heavy atom. The van der Waals surface area contributed by atoms with E-state index in [0.717, 1.165) is 12.0 Å². The molecule has 7 heteroatoms. The average molecular weight is 337 g/mol. The number of rotatable bonds is 5. The van der Waals surface area contributed by atoms with Crippen molar-refractivity contribution in [2.24, 2.45) is 0 Å². The van der Waals surface area contributed by atoms with Gasteiger partial charge in [-0.1, -0.05) is 38.1 Å². The van der Waals surface area contributed by atoms with Crippen molar-refractivity contribution < 1.29 is 4.79 Å². The number of hydrogen-bond donors (Lipinski definition) is 2. The van der Waals surface area contributed by atoms with Crippen molar-refractivity contribution in [1.29, 1.82) is 0 Å². The fraction of sp³-hybridized carbons (Fsp3) is 0.222. The molecule has 1 aromatic carbocycles. The van der Waals surface area contributed by atoms with Crippen molar-refractivity contribution in [2.75, 3.05) is 10.6 Å². The van der Waals surface area contributed by atoms with E-state index in [1.54, 1.807) is 6.07 Å². The quantitative estimate of drug-likeness (QED) is 0.694. The van der Waals surface area contributed by atoms with E-state index < -0.39 is 0 Å². The van der Waals surface area contributed by atoms with Crippen LogP contribution in [0.1, 0.15) is 30.9 Å². The summed E-state index contributed by atoms with van der Waals surface area (Å²) in [5.41, 5.74) is 8.12. The van der Waals surface area contributed by atoms with Gasteiger partial charge >= 0.3 is 0 Å². The van der Waals surface area contributed by atoms with Gasteiger partial charge in [-0.2, -0.15) is 4.98 Å². The molecular formula is C18H19N5O2. The van der Waals surface area contributed by atoms with Crippen LogP contribution in [0.15, 0.2) is 41.3 Å². The molecular weight excluding hydrogens is 318 g/mol. The van der Waals surface area contributed by atoms with Crippen LogP contribution in [0.25, 0.3) is 11.0 Å². The number of fused-ring (bicyclic) bond motifs is 1. The van der Waals surface area contributed by atoms with Gasteiger partial charge < -0.3 is 10.6 Å². The van der Waals surface area contributed by atoms with E-state index in [4.69, 9.17) is 5.73 Å². The fourth-order valence-corrected chi connectivity index (χ4v) is 2.58. The van der Waals surface area contributed by atoms with Gasteiger partial charge in [0.25, 0.3) is 5.56 Å². The molecule has 7 nitrogen and oxygen atoms in total. The van der Waals surface area contributed by atoms with Crippen LogP contribution in [0.3, 0.4) is 0 Å². The van der Waals surface area contributed by atoms with Crippen molar-refractivity contribution in [3.63, 3.8) is 0 Å². The average Bonchev–Trinajstić information content (AvgIpc) is 2.60. The van der Waals surface area contributed by atoms with Gasteiger partial charge in [0.05, 0.1) is 23.8 Å². The highest BCUT2D eigenvalue weighted by atomic mass is 16.1. The van der Waals surface area contributed by atoms with Gasteiger partial charge in [-0.05, 0) is 23.1 Å². The number of aromatic nitrogens is 3. The van der Waals surface area contributed by atoms with Crippen molar-refractivity contribution in [3.05, 3.63) is 58.0 Å². The minimum atomic E-state index is -0.385. The Hall–Kier alpha value is -3.22. The SMILES string of the molecule is CC(C)c1ccc(CN(C=O)c2cnc3nc(N)[nH]c(=O)c3c2)cc1. The van der Waals surface area contributed by atoms with E-state index in [1.165, 1.54) is 16.7 Å². The maximum atomic E-state index is 12.0. The van der Waals surface area contributed by atoms with Gasteiger partial charge in [0.2, 0.25) is 12.4 Å². The minimum absolute atomic E-state index is 0.00948. The first-order valence-corrected chi connectivity index (χ1v) is 7.94. The Morgan fingerprint density at radius 2 is 2.00 bits per heavy atom. The van der Waals surface area contributed by atoms with Gasteiger partial charge in [-0.25, -0.2) is 4.98 Å². The highest BCUT2D eigenvalue weighted by molar-refractivity contribution is 5.83. The first kappa shape index (κ1) is 16.6. The van der Waals surface area contributed by atoms with Crippen LogP contribution in [0.4, 0.5) is 11.6 Å². The van der Waals surface area contributed by atoms with Gasteiger partial charge in [-0.3, -0.25) is 14.6 Å². The first-order chi connectivity index (χ1) is 12.0.